The number of piperazine rings is 1. The zero-order valence-corrected chi connectivity index (χ0v) is 8.49. The van der Waals surface area contributed by atoms with Gasteiger partial charge in [0.1, 0.15) is 0 Å². The van der Waals surface area contributed by atoms with Gasteiger partial charge in [-0.2, -0.15) is 0 Å². The van der Waals surface area contributed by atoms with Gasteiger partial charge in [-0.25, -0.2) is 0 Å². The van der Waals surface area contributed by atoms with Gasteiger partial charge in [0, 0.05) is 32.1 Å². The Morgan fingerprint density at radius 1 is 1.57 bits per heavy atom. The Kier molecular flexibility index (Phi) is 3.46. The summed E-state index contributed by atoms with van der Waals surface area (Å²) in [5.74, 6) is -0.824. The normalized spacial score (nSPS) is 27.4. The number of carbonyl (C=O) groups is 2. The van der Waals surface area contributed by atoms with E-state index in [1.54, 1.807) is 4.90 Å². The summed E-state index contributed by atoms with van der Waals surface area (Å²) in [7, 11) is 0. The van der Waals surface area contributed by atoms with Gasteiger partial charge in [-0.1, -0.05) is 0 Å². The minimum Gasteiger partial charge on any atom is -0.481 e. The molecule has 1 heterocycles. The number of rotatable bonds is 2. The number of carboxylic acid groups (broad SMARTS) is 1. The molecule has 14 heavy (non-hydrogen) atoms. The van der Waals surface area contributed by atoms with E-state index in [4.69, 9.17) is 5.11 Å². The minimum atomic E-state index is -0.833. The molecule has 0 aromatic rings. The first-order chi connectivity index (χ1) is 6.50. The highest BCUT2D eigenvalue weighted by Gasteiger charge is 2.27. The van der Waals surface area contributed by atoms with Crippen molar-refractivity contribution in [1.29, 1.82) is 0 Å². The average molecular weight is 200 g/mol. The van der Waals surface area contributed by atoms with Gasteiger partial charge in [-0.15, -0.1) is 0 Å². The molecule has 2 N–H and O–H groups in total. The SMILES string of the molecule is CC(=O)N1C[C@H](CC(=O)O)NC[C@H]1C. The van der Waals surface area contributed by atoms with Crippen LogP contribution in [-0.2, 0) is 9.59 Å². The molecule has 0 aromatic carbocycles. The third kappa shape index (κ3) is 2.70. The van der Waals surface area contributed by atoms with E-state index in [-0.39, 0.29) is 24.4 Å². The predicted octanol–water partition coefficient (Wildman–Crippen LogP) is -0.330. The fraction of sp³-hybridized carbons (Fsp3) is 0.778. The van der Waals surface area contributed by atoms with Crippen molar-refractivity contribution in [2.75, 3.05) is 13.1 Å². The number of aliphatic carboxylic acids is 1. The maximum Gasteiger partial charge on any atom is 0.304 e. The summed E-state index contributed by atoms with van der Waals surface area (Å²) < 4.78 is 0. The lowest BCUT2D eigenvalue weighted by atomic mass is 10.1. The van der Waals surface area contributed by atoms with E-state index in [0.717, 1.165) is 0 Å². The van der Waals surface area contributed by atoms with Gasteiger partial charge in [-0.05, 0) is 6.92 Å². The van der Waals surface area contributed by atoms with E-state index < -0.39 is 5.97 Å². The summed E-state index contributed by atoms with van der Waals surface area (Å²) in [6.45, 7) is 4.62. The molecule has 1 amide bonds. The number of carboxylic acids is 1. The molecule has 0 unspecified atom stereocenters. The first kappa shape index (κ1) is 11.0. The molecule has 0 radical (unpaired) electrons. The molecule has 1 fully saturated rings. The number of hydrogen-bond acceptors (Lipinski definition) is 3. The summed E-state index contributed by atoms with van der Waals surface area (Å²) in [6, 6.07) is 0.0325. The smallest absolute Gasteiger partial charge is 0.304 e. The molecule has 1 saturated heterocycles. The molecule has 0 spiro atoms. The third-order valence-corrected chi connectivity index (χ3v) is 2.48. The van der Waals surface area contributed by atoms with Gasteiger partial charge < -0.3 is 15.3 Å². The maximum absolute atomic E-state index is 11.2. The van der Waals surface area contributed by atoms with Crippen LogP contribution in [-0.4, -0.2) is 47.1 Å². The lowest BCUT2D eigenvalue weighted by Gasteiger charge is -2.37. The van der Waals surface area contributed by atoms with Crippen molar-refractivity contribution < 1.29 is 14.7 Å². The highest BCUT2D eigenvalue weighted by atomic mass is 16.4. The van der Waals surface area contributed by atoms with Crippen molar-refractivity contribution in [2.24, 2.45) is 0 Å². The fourth-order valence-corrected chi connectivity index (χ4v) is 1.72. The predicted molar refractivity (Wildman–Crippen MR) is 50.9 cm³/mol. The summed E-state index contributed by atoms with van der Waals surface area (Å²) in [5.41, 5.74) is 0. The van der Waals surface area contributed by atoms with E-state index >= 15 is 0 Å². The lowest BCUT2D eigenvalue weighted by Crippen LogP contribution is -2.57. The zero-order chi connectivity index (χ0) is 10.7. The van der Waals surface area contributed by atoms with Crippen LogP contribution in [0.3, 0.4) is 0 Å². The van der Waals surface area contributed by atoms with Crippen LogP contribution in [0.5, 0.6) is 0 Å². The van der Waals surface area contributed by atoms with Crippen molar-refractivity contribution in [2.45, 2.75) is 32.4 Å². The number of amides is 1. The highest BCUT2D eigenvalue weighted by molar-refractivity contribution is 5.74. The first-order valence-electron chi connectivity index (χ1n) is 4.73. The molecular formula is C9H16N2O3. The van der Waals surface area contributed by atoms with Crippen molar-refractivity contribution in [3.63, 3.8) is 0 Å². The van der Waals surface area contributed by atoms with Crippen LogP contribution in [0.2, 0.25) is 0 Å². The Hall–Kier alpha value is -1.10. The van der Waals surface area contributed by atoms with Gasteiger partial charge in [-0.3, -0.25) is 9.59 Å². The van der Waals surface area contributed by atoms with Gasteiger partial charge in [0.05, 0.1) is 6.42 Å². The van der Waals surface area contributed by atoms with Crippen LogP contribution in [0.4, 0.5) is 0 Å². The Balaban J connectivity index is 2.53. The monoisotopic (exact) mass is 200 g/mol. The topological polar surface area (TPSA) is 69.6 Å². The molecular weight excluding hydrogens is 184 g/mol. The van der Waals surface area contributed by atoms with Crippen molar-refractivity contribution in [3.05, 3.63) is 0 Å². The molecule has 1 aliphatic heterocycles. The van der Waals surface area contributed by atoms with Gasteiger partial charge in [0.2, 0.25) is 5.91 Å². The molecule has 2 atom stereocenters. The first-order valence-corrected chi connectivity index (χ1v) is 4.73. The van der Waals surface area contributed by atoms with Crippen molar-refractivity contribution in [3.8, 4) is 0 Å². The number of nitrogens with zero attached hydrogens (tertiary/aromatic N) is 1. The lowest BCUT2D eigenvalue weighted by molar-refractivity contribution is -0.140. The van der Waals surface area contributed by atoms with Crippen molar-refractivity contribution >= 4 is 11.9 Å². The Morgan fingerprint density at radius 3 is 2.71 bits per heavy atom. The van der Waals surface area contributed by atoms with Gasteiger partial charge in [0.25, 0.3) is 0 Å². The second kappa shape index (κ2) is 4.41. The number of nitrogens with one attached hydrogen (secondary N) is 1. The van der Waals surface area contributed by atoms with E-state index in [1.807, 2.05) is 6.92 Å². The van der Waals surface area contributed by atoms with E-state index in [1.165, 1.54) is 6.92 Å². The van der Waals surface area contributed by atoms with Gasteiger partial charge in [0.15, 0.2) is 0 Å². The van der Waals surface area contributed by atoms with Crippen molar-refractivity contribution in [1.82, 2.24) is 10.2 Å². The second-order valence-electron chi connectivity index (χ2n) is 3.72. The van der Waals surface area contributed by atoms with Crippen LogP contribution >= 0.6 is 0 Å². The fourth-order valence-electron chi connectivity index (χ4n) is 1.72. The van der Waals surface area contributed by atoms with Crippen LogP contribution < -0.4 is 5.32 Å². The summed E-state index contributed by atoms with van der Waals surface area (Å²) in [4.78, 5) is 23.4. The van der Waals surface area contributed by atoms with Gasteiger partial charge >= 0.3 is 5.97 Å². The molecule has 80 valence electrons. The molecule has 0 aromatic heterocycles. The average Bonchev–Trinajstić information content (AvgIpc) is 2.07. The van der Waals surface area contributed by atoms with Crippen LogP contribution in [0, 0.1) is 0 Å². The molecule has 0 bridgehead atoms. The third-order valence-electron chi connectivity index (χ3n) is 2.48. The largest absolute Gasteiger partial charge is 0.481 e. The molecule has 1 rings (SSSR count). The van der Waals surface area contributed by atoms with Crippen LogP contribution in [0.25, 0.3) is 0 Å². The standard InChI is InChI=1S/C9H16N2O3/c1-6-4-10-8(3-9(13)14)5-11(6)7(2)12/h6,8,10H,3-5H2,1-2H3,(H,13,14)/t6-,8+/m1/s1. The second-order valence-corrected chi connectivity index (χ2v) is 3.72. The maximum atomic E-state index is 11.2. The quantitative estimate of drug-likeness (QED) is 0.640. The Morgan fingerprint density at radius 2 is 2.21 bits per heavy atom. The zero-order valence-electron chi connectivity index (χ0n) is 8.49. The molecule has 5 heteroatoms. The van der Waals surface area contributed by atoms with Crippen LogP contribution in [0.15, 0.2) is 0 Å². The number of hydrogen-bond donors (Lipinski definition) is 2. The van der Waals surface area contributed by atoms with E-state index in [9.17, 15) is 9.59 Å². The molecule has 0 aliphatic carbocycles. The molecule has 5 nitrogen and oxygen atoms in total. The molecule has 0 saturated carbocycles. The minimum absolute atomic E-state index is 0.00869. The Labute approximate surface area is 83.1 Å². The van der Waals surface area contributed by atoms with E-state index in [2.05, 4.69) is 5.32 Å². The summed E-state index contributed by atoms with van der Waals surface area (Å²) in [5, 5.41) is 11.7. The number of carbonyl (C=O) groups excluding carboxylic acids is 1. The van der Waals surface area contributed by atoms with E-state index in [0.29, 0.717) is 13.1 Å². The highest BCUT2D eigenvalue weighted by Crippen LogP contribution is 2.09. The summed E-state index contributed by atoms with van der Waals surface area (Å²) >= 11 is 0. The Bertz CT molecular complexity index is 242. The summed E-state index contributed by atoms with van der Waals surface area (Å²) in [6.07, 6.45) is 0.0660. The molecule has 1 aliphatic rings. The van der Waals surface area contributed by atoms with Crippen LogP contribution in [0.1, 0.15) is 20.3 Å².